The van der Waals surface area contributed by atoms with E-state index in [9.17, 15) is 10.1 Å². The van der Waals surface area contributed by atoms with Gasteiger partial charge in [-0.1, -0.05) is 0 Å². The molecule has 0 aromatic carbocycles. The van der Waals surface area contributed by atoms with Crippen molar-refractivity contribution in [1.82, 2.24) is 20.0 Å². The smallest absolute Gasteiger partial charge is 0.306 e. The lowest BCUT2D eigenvalue weighted by Gasteiger charge is -2.32. The highest BCUT2D eigenvalue weighted by molar-refractivity contribution is 5.20. The zero-order chi connectivity index (χ0) is 13.0. The van der Waals surface area contributed by atoms with Crippen LogP contribution in [-0.2, 0) is 6.54 Å². The SMILES string of the molecule is CNC1CCCN(CCn2cc([N+](=O)[O-])cn2)C1. The molecule has 100 valence electrons. The Hall–Kier alpha value is -1.47. The molecule has 1 aromatic heterocycles. The van der Waals surface area contributed by atoms with E-state index >= 15 is 0 Å². The minimum Gasteiger partial charge on any atom is -0.316 e. The van der Waals surface area contributed by atoms with E-state index in [0.717, 1.165) is 19.6 Å². The lowest BCUT2D eigenvalue weighted by Crippen LogP contribution is -2.45. The maximum atomic E-state index is 10.5. The number of hydrogen-bond acceptors (Lipinski definition) is 5. The molecule has 1 unspecified atom stereocenters. The van der Waals surface area contributed by atoms with Crippen molar-refractivity contribution in [1.29, 1.82) is 0 Å². The van der Waals surface area contributed by atoms with Gasteiger partial charge in [0.2, 0.25) is 0 Å². The predicted molar refractivity (Wildman–Crippen MR) is 67.4 cm³/mol. The van der Waals surface area contributed by atoms with Gasteiger partial charge in [0.1, 0.15) is 12.4 Å². The highest BCUT2D eigenvalue weighted by Gasteiger charge is 2.18. The molecule has 1 fully saturated rings. The number of hydrogen-bond donors (Lipinski definition) is 1. The van der Waals surface area contributed by atoms with Crippen LogP contribution in [-0.4, -0.2) is 52.3 Å². The minimum atomic E-state index is -0.415. The van der Waals surface area contributed by atoms with Crippen molar-refractivity contribution in [3.8, 4) is 0 Å². The molecule has 1 atom stereocenters. The molecule has 2 rings (SSSR count). The van der Waals surface area contributed by atoms with Crippen molar-refractivity contribution in [2.24, 2.45) is 0 Å². The van der Waals surface area contributed by atoms with Crippen molar-refractivity contribution >= 4 is 5.69 Å². The molecule has 0 bridgehead atoms. The minimum absolute atomic E-state index is 0.0572. The van der Waals surface area contributed by atoms with Gasteiger partial charge in [-0.15, -0.1) is 0 Å². The average molecular weight is 253 g/mol. The van der Waals surface area contributed by atoms with Crippen LogP contribution in [0.4, 0.5) is 5.69 Å². The van der Waals surface area contributed by atoms with E-state index in [-0.39, 0.29) is 5.69 Å². The lowest BCUT2D eigenvalue weighted by atomic mass is 10.1. The molecule has 0 spiro atoms. The zero-order valence-corrected chi connectivity index (χ0v) is 10.6. The van der Waals surface area contributed by atoms with Crippen molar-refractivity contribution in [3.05, 3.63) is 22.5 Å². The number of nitrogens with zero attached hydrogens (tertiary/aromatic N) is 4. The fourth-order valence-electron chi connectivity index (χ4n) is 2.31. The van der Waals surface area contributed by atoms with E-state index < -0.39 is 4.92 Å². The third-order valence-electron chi connectivity index (χ3n) is 3.39. The second kappa shape index (κ2) is 5.92. The van der Waals surface area contributed by atoms with Crippen molar-refractivity contribution in [2.75, 3.05) is 26.7 Å². The summed E-state index contributed by atoms with van der Waals surface area (Å²) in [6, 6.07) is 0.561. The normalized spacial score (nSPS) is 21.1. The van der Waals surface area contributed by atoms with Gasteiger partial charge in [-0.25, -0.2) is 0 Å². The molecule has 18 heavy (non-hydrogen) atoms. The number of piperidine rings is 1. The number of rotatable bonds is 5. The summed E-state index contributed by atoms with van der Waals surface area (Å²) in [5.74, 6) is 0. The van der Waals surface area contributed by atoms with Crippen LogP contribution in [0.3, 0.4) is 0 Å². The van der Waals surface area contributed by atoms with E-state index in [2.05, 4.69) is 15.3 Å². The largest absolute Gasteiger partial charge is 0.316 e. The molecular formula is C11H19N5O2. The molecule has 0 aliphatic carbocycles. The monoisotopic (exact) mass is 253 g/mol. The van der Waals surface area contributed by atoms with E-state index in [1.807, 2.05) is 7.05 Å². The number of nitrogens with one attached hydrogen (secondary N) is 1. The van der Waals surface area contributed by atoms with Crippen LogP contribution in [0.15, 0.2) is 12.4 Å². The number of likely N-dealkylation sites (tertiary alicyclic amines) is 1. The summed E-state index contributed by atoms with van der Waals surface area (Å²) in [5.41, 5.74) is 0.0572. The van der Waals surface area contributed by atoms with E-state index in [4.69, 9.17) is 0 Å². The predicted octanol–water partition coefficient (Wildman–Crippen LogP) is 0.475. The van der Waals surface area contributed by atoms with Gasteiger partial charge in [0.25, 0.3) is 0 Å². The summed E-state index contributed by atoms with van der Waals surface area (Å²) >= 11 is 0. The maximum Gasteiger partial charge on any atom is 0.306 e. The molecule has 1 aliphatic heterocycles. The molecule has 1 saturated heterocycles. The van der Waals surface area contributed by atoms with Crippen LogP contribution in [0, 0.1) is 10.1 Å². The van der Waals surface area contributed by atoms with Gasteiger partial charge >= 0.3 is 5.69 Å². The van der Waals surface area contributed by atoms with Crippen LogP contribution in [0.5, 0.6) is 0 Å². The molecule has 0 saturated carbocycles. The van der Waals surface area contributed by atoms with Crippen LogP contribution in [0.2, 0.25) is 0 Å². The average Bonchev–Trinajstić information content (AvgIpc) is 2.85. The van der Waals surface area contributed by atoms with Crippen LogP contribution in [0.25, 0.3) is 0 Å². The van der Waals surface area contributed by atoms with Crippen LogP contribution >= 0.6 is 0 Å². The summed E-state index contributed by atoms with van der Waals surface area (Å²) in [5, 5.41) is 17.8. The van der Waals surface area contributed by atoms with Gasteiger partial charge in [-0.2, -0.15) is 5.10 Å². The van der Waals surface area contributed by atoms with E-state index in [1.165, 1.54) is 25.2 Å². The fraction of sp³-hybridized carbons (Fsp3) is 0.727. The molecule has 1 N–H and O–H groups in total. The first-order valence-corrected chi connectivity index (χ1v) is 6.25. The van der Waals surface area contributed by atoms with Gasteiger partial charge in [0, 0.05) is 19.1 Å². The van der Waals surface area contributed by atoms with Crippen molar-refractivity contribution < 1.29 is 4.92 Å². The van der Waals surface area contributed by atoms with Gasteiger partial charge in [0.05, 0.1) is 11.5 Å². The van der Waals surface area contributed by atoms with Gasteiger partial charge in [0.15, 0.2) is 0 Å². The third-order valence-corrected chi connectivity index (χ3v) is 3.39. The Morgan fingerprint density at radius 3 is 3.11 bits per heavy atom. The van der Waals surface area contributed by atoms with Crippen LogP contribution < -0.4 is 5.32 Å². The molecule has 0 radical (unpaired) electrons. The summed E-state index contributed by atoms with van der Waals surface area (Å²) in [6.07, 6.45) is 5.21. The standard InChI is InChI=1S/C11H19N5O2/c1-12-10-3-2-4-14(8-10)5-6-15-9-11(7-13-15)16(17)18/h7,9-10,12H,2-6,8H2,1H3. The summed E-state index contributed by atoms with van der Waals surface area (Å²) in [6.45, 7) is 3.72. The molecular weight excluding hydrogens is 234 g/mol. The Morgan fingerprint density at radius 1 is 1.61 bits per heavy atom. The molecule has 1 aliphatic rings. The number of nitro groups is 1. The summed E-state index contributed by atoms with van der Waals surface area (Å²) in [4.78, 5) is 12.5. The van der Waals surface area contributed by atoms with E-state index in [1.54, 1.807) is 4.68 Å². The van der Waals surface area contributed by atoms with Gasteiger partial charge in [-0.05, 0) is 26.4 Å². The Balaban J connectivity index is 1.81. The topological polar surface area (TPSA) is 76.2 Å². The van der Waals surface area contributed by atoms with Gasteiger partial charge < -0.3 is 5.32 Å². The zero-order valence-electron chi connectivity index (χ0n) is 10.6. The third kappa shape index (κ3) is 3.27. The number of likely N-dealkylation sites (N-methyl/N-ethyl adjacent to an activating group) is 1. The Labute approximate surface area is 106 Å². The Morgan fingerprint density at radius 2 is 2.44 bits per heavy atom. The molecule has 2 heterocycles. The maximum absolute atomic E-state index is 10.5. The van der Waals surface area contributed by atoms with Crippen molar-refractivity contribution in [3.63, 3.8) is 0 Å². The molecule has 0 amide bonds. The fourth-order valence-corrected chi connectivity index (χ4v) is 2.31. The van der Waals surface area contributed by atoms with E-state index in [0.29, 0.717) is 12.6 Å². The Kier molecular flexibility index (Phi) is 4.27. The highest BCUT2D eigenvalue weighted by Crippen LogP contribution is 2.11. The first-order valence-electron chi connectivity index (χ1n) is 6.25. The first kappa shape index (κ1) is 13.0. The summed E-state index contributed by atoms with van der Waals surface area (Å²) < 4.78 is 1.64. The molecule has 7 nitrogen and oxygen atoms in total. The van der Waals surface area contributed by atoms with Gasteiger partial charge in [-0.3, -0.25) is 19.7 Å². The highest BCUT2D eigenvalue weighted by atomic mass is 16.6. The molecule has 7 heteroatoms. The lowest BCUT2D eigenvalue weighted by molar-refractivity contribution is -0.385. The number of aromatic nitrogens is 2. The second-order valence-electron chi connectivity index (χ2n) is 4.65. The van der Waals surface area contributed by atoms with Crippen LogP contribution in [0.1, 0.15) is 12.8 Å². The molecule has 1 aromatic rings. The Bertz CT molecular complexity index is 406. The quantitative estimate of drug-likeness (QED) is 0.610. The van der Waals surface area contributed by atoms with Crippen molar-refractivity contribution in [2.45, 2.75) is 25.4 Å². The summed E-state index contributed by atoms with van der Waals surface area (Å²) in [7, 11) is 1.99. The second-order valence-corrected chi connectivity index (χ2v) is 4.65. The first-order chi connectivity index (χ1) is 8.69.